The summed E-state index contributed by atoms with van der Waals surface area (Å²) in [5.74, 6) is -4.46. The number of esters is 2. The number of carbonyl (C=O) groups excluding carboxylic acids is 2. The molecule has 0 aliphatic carbocycles. The third-order valence-electron chi connectivity index (χ3n) is 3.47. The molecule has 0 saturated carbocycles. The van der Waals surface area contributed by atoms with Crippen molar-refractivity contribution in [1.29, 1.82) is 0 Å². The molecule has 0 unspecified atom stereocenters. The Bertz CT molecular complexity index is 730. The van der Waals surface area contributed by atoms with Crippen LogP contribution in [0.2, 0.25) is 0 Å². The van der Waals surface area contributed by atoms with Gasteiger partial charge >= 0.3 is 18.1 Å². The van der Waals surface area contributed by atoms with Crippen molar-refractivity contribution in [3.8, 4) is 0 Å². The number of halogens is 3. The standard InChI is InChI=1S/C15H18F3NO6S/c1-9-4-6-10(7-5-9)26(22,23)19-12(15(16,17)18)8-11(13(20)24-2)14(21)25-3/h4-7,11-12,19H,8H2,1-3H3/t12-/m1/s1. The zero-order valence-electron chi connectivity index (χ0n) is 14.2. The first kappa shape index (κ1) is 21.9. The minimum Gasteiger partial charge on any atom is -0.468 e. The maximum Gasteiger partial charge on any atom is 0.404 e. The quantitative estimate of drug-likeness (QED) is 0.554. The number of nitrogens with one attached hydrogen (secondary N) is 1. The fraction of sp³-hybridized carbons (Fsp3) is 0.467. The van der Waals surface area contributed by atoms with Gasteiger partial charge < -0.3 is 9.47 Å². The molecule has 146 valence electrons. The van der Waals surface area contributed by atoms with Crippen molar-refractivity contribution in [2.75, 3.05) is 14.2 Å². The number of carbonyl (C=O) groups is 2. The van der Waals surface area contributed by atoms with Crippen LogP contribution in [-0.4, -0.2) is 46.8 Å². The first-order valence-corrected chi connectivity index (χ1v) is 8.72. The van der Waals surface area contributed by atoms with Gasteiger partial charge in [0.2, 0.25) is 10.0 Å². The Kier molecular flexibility index (Phi) is 7.16. The van der Waals surface area contributed by atoms with E-state index in [-0.39, 0.29) is 4.90 Å². The van der Waals surface area contributed by atoms with Crippen LogP contribution in [0.15, 0.2) is 29.2 Å². The van der Waals surface area contributed by atoms with E-state index in [9.17, 15) is 31.2 Å². The van der Waals surface area contributed by atoms with Gasteiger partial charge in [-0.05, 0) is 25.5 Å². The topological polar surface area (TPSA) is 98.8 Å². The minimum atomic E-state index is -5.06. The maximum atomic E-state index is 13.3. The van der Waals surface area contributed by atoms with E-state index < -0.39 is 46.5 Å². The summed E-state index contributed by atoms with van der Waals surface area (Å²) in [5.41, 5.74) is 0.716. The molecule has 7 nitrogen and oxygen atoms in total. The third-order valence-corrected chi connectivity index (χ3v) is 4.95. The maximum absolute atomic E-state index is 13.3. The Morgan fingerprint density at radius 2 is 1.54 bits per heavy atom. The van der Waals surface area contributed by atoms with Gasteiger partial charge in [0, 0.05) is 0 Å². The van der Waals surface area contributed by atoms with E-state index in [0.717, 1.165) is 26.4 Å². The molecule has 0 aliphatic rings. The van der Waals surface area contributed by atoms with Gasteiger partial charge in [0.25, 0.3) is 0 Å². The van der Waals surface area contributed by atoms with Crippen LogP contribution in [-0.2, 0) is 29.1 Å². The fourth-order valence-electron chi connectivity index (χ4n) is 2.03. The molecule has 0 saturated heterocycles. The molecule has 0 bridgehead atoms. The predicted molar refractivity (Wildman–Crippen MR) is 83.5 cm³/mol. The summed E-state index contributed by atoms with van der Waals surface area (Å²) in [7, 11) is -2.77. The highest BCUT2D eigenvalue weighted by molar-refractivity contribution is 7.89. The second kappa shape index (κ2) is 8.49. The van der Waals surface area contributed by atoms with Crippen LogP contribution in [0.25, 0.3) is 0 Å². The van der Waals surface area contributed by atoms with Crippen molar-refractivity contribution in [3.63, 3.8) is 0 Å². The molecule has 0 radical (unpaired) electrons. The third kappa shape index (κ3) is 5.70. The average molecular weight is 397 g/mol. The molecule has 26 heavy (non-hydrogen) atoms. The Labute approximate surface area is 148 Å². The number of hydrogen-bond donors (Lipinski definition) is 1. The van der Waals surface area contributed by atoms with Gasteiger partial charge in [0.05, 0.1) is 19.1 Å². The van der Waals surface area contributed by atoms with Crippen LogP contribution in [0, 0.1) is 12.8 Å². The molecular weight excluding hydrogens is 379 g/mol. The lowest BCUT2D eigenvalue weighted by Gasteiger charge is -2.24. The normalized spacial score (nSPS) is 13.3. The van der Waals surface area contributed by atoms with Gasteiger partial charge in [0.15, 0.2) is 5.92 Å². The number of methoxy groups -OCH3 is 2. The molecule has 1 rings (SSSR count). The Morgan fingerprint density at radius 1 is 1.08 bits per heavy atom. The SMILES string of the molecule is COC(=O)C(C[C@@H](NS(=O)(=O)c1ccc(C)cc1)C(F)(F)F)C(=O)OC. The lowest BCUT2D eigenvalue weighted by molar-refractivity contribution is -0.169. The van der Waals surface area contributed by atoms with E-state index in [2.05, 4.69) is 9.47 Å². The second-order valence-corrected chi connectivity index (χ2v) is 7.08. The van der Waals surface area contributed by atoms with Crippen LogP contribution in [0.1, 0.15) is 12.0 Å². The zero-order valence-corrected chi connectivity index (χ0v) is 15.0. The number of rotatable bonds is 7. The monoisotopic (exact) mass is 397 g/mol. The summed E-state index contributed by atoms with van der Waals surface area (Å²) in [5, 5.41) is 0. The largest absolute Gasteiger partial charge is 0.468 e. The van der Waals surface area contributed by atoms with Crippen molar-refractivity contribution >= 4 is 22.0 Å². The molecule has 0 fully saturated rings. The number of hydrogen-bond acceptors (Lipinski definition) is 6. The number of benzene rings is 1. The number of aryl methyl sites for hydroxylation is 1. The fourth-order valence-corrected chi connectivity index (χ4v) is 3.27. The molecule has 1 atom stereocenters. The van der Waals surface area contributed by atoms with Crippen LogP contribution in [0.4, 0.5) is 13.2 Å². The van der Waals surface area contributed by atoms with Gasteiger partial charge in [-0.2, -0.15) is 17.9 Å². The van der Waals surface area contributed by atoms with Crippen molar-refractivity contribution in [2.45, 2.75) is 30.5 Å². The Hall–Kier alpha value is -2.14. The van der Waals surface area contributed by atoms with E-state index in [1.807, 2.05) is 0 Å². The first-order chi connectivity index (χ1) is 11.9. The molecule has 1 aromatic rings. The molecule has 0 spiro atoms. The van der Waals surface area contributed by atoms with Crippen LogP contribution in [0.5, 0.6) is 0 Å². The first-order valence-electron chi connectivity index (χ1n) is 7.23. The second-order valence-electron chi connectivity index (χ2n) is 5.36. The highest BCUT2D eigenvalue weighted by Gasteiger charge is 2.46. The number of sulfonamides is 1. The molecule has 1 N–H and O–H groups in total. The van der Waals surface area contributed by atoms with E-state index in [1.165, 1.54) is 16.9 Å². The summed E-state index contributed by atoms with van der Waals surface area (Å²) in [6.07, 6.45) is -6.26. The highest BCUT2D eigenvalue weighted by atomic mass is 32.2. The summed E-state index contributed by atoms with van der Waals surface area (Å²) in [4.78, 5) is 22.8. The van der Waals surface area contributed by atoms with Gasteiger partial charge in [-0.3, -0.25) is 9.59 Å². The van der Waals surface area contributed by atoms with Crippen LogP contribution >= 0.6 is 0 Å². The smallest absolute Gasteiger partial charge is 0.404 e. The van der Waals surface area contributed by atoms with Crippen molar-refractivity contribution in [2.24, 2.45) is 5.92 Å². The van der Waals surface area contributed by atoms with Crippen LogP contribution < -0.4 is 4.72 Å². The molecule has 0 aromatic heterocycles. The number of alkyl halides is 3. The van der Waals surface area contributed by atoms with Crippen molar-refractivity contribution < 1.29 is 40.7 Å². The van der Waals surface area contributed by atoms with E-state index >= 15 is 0 Å². The summed E-state index contributed by atoms with van der Waals surface area (Å²) in [6.45, 7) is 1.68. The van der Waals surface area contributed by atoms with Gasteiger partial charge in [-0.1, -0.05) is 17.7 Å². The van der Waals surface area contributed by atoms with Crippen LogP contribution in [0.3, 0.4) is 0 Å². The Morgan fingerprint density at radius 3 is 1.92 bits per heavy atom. The van der Waals surface area contributed by atoms with E-state index in [4.69, 9.17) is 0 Å². The Balaban J connectivity index is 3.16. The van der Waals surface area contributed by atoms with Gasteiger partial charge in [-0.15, -0.1) is 0 Å². The summed E-state index contributed by atoms with van der Waals surface area (Å²) < 4.78 is 74.4. The van der Waals surface area contributed by atoms with E-state index in [0.29, 0.717) is 5.56 Å². The zero-order chi connectivity index (χ0) is 20.1. The molecule has 0 heterocycles. The molecular formula is C15H18F3NO6S. The van der Waals surface area contributed by atoms with Gasteiger partial charge in [-0.25, -0.2) is 8.42 Å². The molecule has 11 heteroatoms. The molecule has 1 aromatic carbocycles. The van der Waals surface area contributed by atoms with Crippen molar-refractivity contribution in [3.05, 3.63) is 29.8 Å². The molecule has 0 aliphatic heterocycles. The predicted octanol–water partition coefficient (Wildman–Crippen LogP) is 1.56. The molecule has 0 amide bonds. The average Bonchev–Trinajstić information content (AvgIpc) is 2.56. The van der Waals surface area contributed by atoms with Crippen molar-refractivity contribution in [1.82, 2.24) is 4.72 Å². The van der Waals surface area contributed by atoms with Gasteiger partial charge in [0.1, 0.15) is 6.04 Å². The lowest BCUT2D eigenvalue weighted by atomic mass is 10.0. The summed E-state index contributed by atoms with van der Waals surface area (Å²) in [6, 6.07) is 2.43. The highest BCUT2D eigenvalue weighted by Crippen LogP contribution is 2.28. The van der Waals surface area contributed by atoms with E-state index in [1.54, 1.807) is 6.92 Å². The number of ether oxygens (including phenoxy) is 2. The lowest BCUT2D eigenvalue weighted by Crippen LogP contribution is -2.48. The minimum absolute atomic E-state index is 0.384. The summed E-state index contributed by atoms with van der Waals surface area (Å²) >= 11 is 0.